The molecule has 0 aliphatic rings. The van der Waals surface area contributed by atoms with Gasteiger partial charge in [-0.1, -0.05) is 41.9 Å². The van der Waals surface area contributed by atoms with Crippen LogP contribution in [-0.4, -0.2) is 24.1 Å². The van der Waals surface area contributed by atoms with Crippen LogP contribution in [0.2, 0.25) is 5.02 Å². The Hall–Kier alpha value is -2.66. The van der Waals surface area contributed by atoms with Gasteiger partial charge in [0, 0.05) is 10.6 Å². The molecule has 2 rings (SSSR count). The quantitative estimate of drug-likeness (QED) is 0.654. The molecule has 23 heavy (non-hydrogen) atoms. The van der Waals surface area contributed by atoms with Gasteiger partial charge in [0.15, 0.2) is 0 Å². The molecule has 0 bridgehead atoms. The van der Waals surface area contributed by atoms with Crippen LogP contribution in [0.1, 0.15) is 22.8 Å². The van der Waals surface area contributed by atoms with E-state index in [1.54, 1.807) is 55.5 Å². The largest absolute Gasteiger partial charge is 0.340 e. The molecule has 0 heterocycles. The van der Waals surface area contributed by atoms with Gasteiger partial charge in [0.2, 0.25) is 0 Å². The average Bonchev–Trinajstić information content (AvgIpc) is 2.57. The van der Waals surface area contributed by atoms with Gasteiger partial charge >= 0.3 is 0 Å². The predicted octanol–water partition coefficient (Wildman–Crippen LogP) is 2.61. The van der Waals surface area contributed by atoms with Gasteiger partial charge < -0.3 is 5.32 Å². The molecule has 0 aliphatic heterocycles. The molecule has 2 N–H and O–H groups in total. The number of nitrogens with one attached hydrogen (secondary N) is 2. The standard InChI is InChI=1S/C17H16ClN3O2/c1-12(20-17(23)14-5-3-2-4-6-14)16(22)21-19-11-13-7-9-15(18)10-8-13/h2-12H,1H3,(H,20,23)(H,21,22)/t12-/m0/s1. The van der Waals surface area contributed by atoms with E-state index in [0.717, 1.165) is 5.56 Å². The summed E-state index contributed by atoms with van der Waals surface area (Å²) in [5.41, 5.74) is 3.68. The van der Waals surface area contributed by atoms with Crippen LogP contribution in [0, 0.1) is 0 Å². The maximum atomic E-state index is 11.9. The molecule has 0 unspecified atom stereocenters. The van der Waals surface area contributed by atoms with Crippen LogP contribution in [0.25, 0.3) is 0 Å². The van der Waals surface area contributed by atoms with Crippen molar-refractivity contribution in [3.63, 3.8) is 0 Å². The molecule has 0 fully saturated rings. The first-order valence-corrected chi connectivity index (χ1v) is 7.38. The molecule has 0 saturated carbocycles. The van der Waals surface area contributed by atoms with E-state index in [0.29, 0.717) is 10.6 Å². The van der Waals surface area contributed by atoms with Crippen LogP contribution in [0.15, 0.2) is 59.7 Å². The summed E-state index contributed by atoms with van der Waals surface area (Å²) in [4.78, 5) is 23.8. The fraction of sp³-hybridized carbons (Fsp3) is 0.118. The van der Waals surface area contributed by atoms with E-state index in [1.807, 2.05) is 6.07 Å². The van der Waals surface area contributed by atoms with Crippen LogP contribution in [0.5, 0.6) is 0 Å². The third-order valence-corrected chi connectivity index (χ3v) is 3.29. The van der Waals surface area contributed by atoms with Crippen molar-refractivity contribution in [1.29, 1.82) is 0 Å². The van der Waals surface area contributed by atoms with Gasteiger partial charge in [-0.2, -0.15) is 5.10 Å². The molecule has 1 atom stereocenters. The van der Waals surface area contributed by atoms with E-state index in [2.05, 4.69) is 15.8 Å². The number of carbonyl (C=O) groups excluding carboxylic acids is 2. The minimum atomic E-state index is -0.704. The molecular formula is C17H16ClN3O2. The van der Waals surface area contributed by atoms with E-state index in [1.165, 1.54) is 6.21 Å². The number of hydrazone groups is 1. The predicted molar refractivity (Wildman–Crippen MR) is 90.6 cm³/mol. The number of hydrogen-bond donors (Lipinski definition) is 2. The van der Waals surface area contributed by atoms with Crippen LogP contribution in [0.3, 0.4) is 0 Å². The van der Waals surface area contributed by atoms with Crippen molar-refractivity contribution in [2.75, 3.05) is 0 Å². The fourth-order valence-corrected chi connectivity index (χ4v) is 1.88. The first kappa shape index (κ1) is 16.7. The second-order valence-electron chi connectivity index (χ2n) is 4.85. The van der Waals surface area contributed by atoms with Crippen molar-refractivity contribution < 1.29 is 9.59 Å². The summed E-state index contributed by atoms with van der Waals surface area (Å²) in [6.45, 7) is 1.59. The Morgan fingerprint density at radius 2 is 1.74 bits per heavy atom. The lowest BCUT2D eigenvalue weighted by Gasteiger charge is -2.12. The van der Waals surface area contributed by atoms with E-state index in [9.17, 15) is 9.59 Å². The van der Waals surface area contributed by atoms with E-state index < -0.39 is 11.9 Å². The van der Waals surface area contributed by atoms with Gasteiger partial charge in [-0.15, -0.1) is 0 Å². The van der Waals surface area contributed by atoms with E-state index in [4.69, 9.17) is 11.6 Å². The molecule has 2 aromatic carbocycles. The molecule has 5 nitrogen and oxygen atoms in total. The number of amides is 2. The lowest BCUT2D eigenvalue weighted by Crippen LogP contribution is -2.43. The normalized spacial score (nSPS) is 11.9. The highest BCUT2D eigenvalue weighted by Gasteiger charge is 2.15. The van der Waals surface area contributed by atoms with Crippen molar-refractivity contribution >= 4 is 29.6 Å². The maximum absolute atomic E-state index is 11.9. The summed E-state index contributed by atoms with van der Waals surface area (Å²) in [6.07, 6.45) is 1.50. The number of hydrogen-bond acceptors (Lipinski definition) is 3. The Labute approximate surface area is 139 Å². The summed E-state index contributed by atoms with van der Waals surface area (Å²) in [5, 5.41) is 7.09. The summed E-state index contributed by atoms with van der Waals surface area (Å²) in [7, 11) is 0. The highest BCUT2D eigenvalue weighted by molar-refractivity contribution is 6.30. The maximum Gasteiger partial charge on any atom is 0.262 e. The highest BCUT2D eigenvalue weighted by atomic mass is 35.5. The third-order valence-electron chi connectivity index (χ3n) is 3.04. The van der Waals surface area contributed by atoms with Crippen molar-refractivity contribution in [3.8, 4) is 0 Å². The SMILES string of the molecule is C[C@H](NC(=O)c1ccccc1)C(=O)NN=Cc1ccc(Cl)cc1. The molecule has 2 aromatic rings. The van der Waals surface area contributed by atoms with Crippen LogP contribution in [0.4, 0.5) is 0 Å². The smallest absolute Gasteiger partial charge is 0.262 e. The van der Waals surface area contributed by atoms with Crippen LogP contribution >= 0.6 is 11.6 Å². The van der Waals surface area contributed by atoms with Crippen LogP contribution < -0.4 is 10.7 Å². The summed E-state index contributed by atoms with van der Waals surface area (Å²) in [5.74, 6) is -0.713. The van der Waals surface area contributed by atoms with Gasteiger partial charge in [0.05, 0.1) is 6.21 Å². The Balaban J connectivity index is 1.85. The highest BCUT2D eigenvalue weighted by Crippen LogP contribution is 2.07. The van der Waals surface area contributed by atoms with Gasteiger partial charge in [-0.05, 0) is 36.8 Å². The zero-order valence-electron chi connectivity index (χ0n) is 12.5. The minimum Gasteiger partial charge on any atom is -0.340 e. The average molecular weight is 330 g/mol. The van der Waals surface area contributed by atoms with Gasteiger partial charge in [0.25, 0.3) is 11.8 Å². The van der Waals surface area contributed by atoms with E-state index >= 15 is 0 Å². The first-order valence-electron chi connectivity index (χ1n) is 7.00. The molecule has 0 spiro atoms. The lowest BCUT2D eigenvalue weighted by molar-refractivity contribution is -0.122. The van der Waals surface area contributed by atoms with E-state index in [-0.39, 0.29) is 5.91 Å². The first-order chi connectivity index (χ1) is 11.1. The van der Waals surface area contributed by atoms with Crippen LogP contribution in [-0.2, 0) is 4.79 Å². The minimum absolute atomic E-state index is 0.310. The van der Waals surface area contributed by atoms with Crippen molar-refractivity contribution in [2.24, 2.45) is 5.10 Å². The topological polar surface area (TPSA) is 70.6 Å². The van der Waals surface area contributed by atoms with Crippen molar-refractivity contribution in [3.05, 3.63) is 70.7 Å². The second kappa shape index (κ2) is 8.10. The van der Waals surface area contributed by atoms with Gasteiger partial charge in [0.1, 0.15) is 6.04 Å². The Bertz CT molecular complexity index is 700. The number of rotatable bonds is 5. The Morgan fingerprint density at radius 3 is 2.39 bits per heavy atom. The summed E-state index contributed by atoms with van der Waals surface area (Å²) >= 11 is 5.78. The molecule has 0 radical (unpaired) electrons. The molecule has 118 valence electrons. The second-order valence-corrected chi connectivity index (χ2v) is 5.28. The zero-order chi connectivity index (χ0) is 16.7. The molecule has 0 aliphatic carbocycles. The number of carbonyl (C=O) groups is 2. The number of benzene rings is 2. The van der Waals surface area contributed by atoms with Gasteiger partial charge in [-0.3, -0.25) is 9.59 Å². The Kier molecular flexibility index (Phi) is 5.88. The Morgan fingerprint density at radius 1 is 1.09 bits per heavy atom. The zero-order valence-corrected chi connectivity index (χ0v) is 13.2. The molecule has 6 heteroatoms. The molecule has 0 aromatic heterocycles. The number of nitrogens with zero attached hydrogens (tertiary/aromatic N) is 1. The molecule has 0 saturated heterocycles. The molecular weight excluding hydrogens is 314 g/mol. The van der Waals surface area contributed by atoms with Gasteiger partial charge in [-0.25, -0.2) is 5.43 Å². The monoisotopic (exact) mass is 329 g/mol. The lowest BCUT2D eigenvalue weighted by atomic mass is 10.2. The molecule has 2 amide bonds. The number of halogens is 1. The van der Waals surface area contributed by atoms with Crippen molar-refractivity contribution in [2.45, 2.75) is 13.0 Å². The fourth-order valence-electron chi connectivity index (χ4n) is 1.75. The third kappa shape index (κ3) is 5.23. The summed E-state index contributed by atoms with van der Waals surface area (Å²) < 4.78 is 0. The summed E-state index contributed by atoms with van der Waals surface area (Å²) in [6, 6.07) is 15.0. The van der Waals surface area contributed by atoms with Crippen molar-refractivity contribution in [1.82, 2.24) is 10.7 Å².